The summed E-state index contributed by atoms with van der Waals surface area (Å²) in [6.45, 7) is 3.30. The smallest absolute Gasteiger partial charge is 0.237 e. The molecule has 0 N–H and O–H groups in total. The van der Waals surface area contributed by atoms with Crippen LogP contribution >= 0.6 is 0 Å². The molecule has 1 heterocycles. The van der Waals surface area contributed by atoms with Gasteiger partial charge in [0.15, 0.2) is 0 Å². The van der Waals surface area contributed by atoms with Gasteiger partial charge >= 0.3 is 47.6 Å². The van der Waals surface area contributed by atoms with Gasteiger partial charge in [-0.25, -0.2) is 9.13 Å². The van der Waals surface area contributed by atoms with Crippen molar-refractivity contribution in [1.82, 2.24) is 4.57 Å². The van der Waals surface area contributed by atoms with E-state index in [9.17, 15) is 74.6 Å². The van der Waals surface area contributed by atoms with Crippen LogP contribution in [0.25, 0.3) is 0 Å². The number of aromatic nitrogens is 2. The second-order valence-corrected chi connectivity index (χ2v) is 8.63. The summed E-state index contributed by atoms with van der Waals surface area (Å²) in [5.74, 6) is -56.1. The monoisotopic (exact) mass is 571 g/mol. The summed E-state index contributed by atoms with van der Waals surface area (Å²) in [6.07, 6.45) is -7.23. The summed E-state index contributed by atoms with van der Waals surface area (Å²) in [7, 11) is 0. The number of imidazole rings is 1. The minimum atomic E-state index is -8.61. The van der Waals surface area contributed by atoms with E-state index in [0.717, 1.165) is 12.5 Å². The van der Waals surface area contributed by atoms with Gasteiger partial charge in [-0.1, -0.05) is 0 Å². The molecule has 0 fully saturated rings. The molecule has 0 aromatic carbocycles. The molecule has 0 spiro atoms. The van der Waals surface area contributed by atoms with Crippen molar-refractivity contribution >= 4 is 0 Å². The lowest BCUT2D eigenvalue weighted by molar-refractivity contribution is -0.700. The first-order chi connectivity index (χ1) is 15.4. The summed E-state index contributed by atoms with van der Waals surface area (Å²) in [6, 6.07) is 0. The van der Waals surface area contributed by atoms with Crippen LogP contribution < -0.4 is 4.57 Å². The molecular formula is C17H16F17N2+. The van der Waals surface area contributed by atoms with Crippen molar-refractivity contribution in [2.24, 2.45) is 0 Å². The number of alkyl halides is 17. The molecule has 0 unspecified atom stereocenters. The van der Waals surface area contributed by atoms with Crippen molar-refractivity contribution in [3.8, 4) is 0 Å². The third-order valence-corrected chi connectivity index (χ3v) is 4.94. The highest BCUT2D eigenvalue weighted by Gasteiger charge is 2.95. The van der Waals surface area contributed by atoms with E-state index in [0.29, 0.717) is 4.57 Å². The molecule has 1 aromatic heterocycles. The maximum atomic E-state index is 13.9. The van der Waals surface area contributed by atoms with Gasteiger partial charge in [-0.15, -0.1) is 0 Å². The van der Waals surface area contributed by atoms with E-state index < -0.39 is 66.1 Å². The van der Waals surface area contributed by atoms with Crippen molar-refractivity contribution in [3.63, 3.8) is 0 Å². The summed E-state index contributed by atoms with van der Waals surface area (Å²) in [4.78, 5) is 0. The SMILES string of the molecule is CC(C)(C)n1cc[n+](CCC(F)(F)C(F)(F)C(F)(F)C(F)(F)C(F)(F)C(F)(F)C(F)(F)C(F)(F)F)c1. The first kappa shape index (κ1) is 32.0. The van der Waals surface area contributed by atoms with Crippen LogP contribution in [0.15, 0.2) is 18.7 Å². The van der Waals surface area contributed by atoms with Crippen molar-refractivity contribution in [2.75, 3.05) is 0 Å². The van der Waals surface area contributed by atoms with E-state index in [4.69, 9.17) is 0 Å². The quantitative estimate of drug-likeness (QED) is 0.225. The van der Waals surface area contributed by atoms with E-state index in [1.807, 2.05) is 0 Å². The standard InChI is InChI=1S/C17H16F17N2/c1-9(2,3)36-7-6-35(8-36)5-4-10(18,19)11(20,21)12(22,23)13(24,25)14(26,27)15(28,29)16(30,31)17(32,33)34/h6-8H,4-5H2,1-3H3/q+1. The molecule has 0 saturated heterocycles. The Morgan fingerprint density at radius 3 is 1.25 bits per heavy atom. The number of hydrogen-bond donors (Lipinski definition) is 0. The Labute approximate surface area is 190 Å². The number of hydrogen-bond acceptors (Lipinski definition) is 0. The zero-order valence-electron chi connectivity index (χ0n) is 18.0. The van der Waals surface area contributed by atoms with Crippen LogP contribution in [0.1, 0.15) is 27.2 Å². The van der Waals surface area contributed by atoms with Crippen LogP contribution in [-0.4, -0.2) is 52.2 Å². The van der Waals surface area contributed by atoms with Crippen molar-refractivity contribution < 1.29 is 79.2 Å². The lowest BCUT2D eigenvalue weighted by Gasteiger charge is -2.42. The average molecular weight is 571 g/mol. The first-order valence-corrected chi connectivity index (χ1v) is 9.22. The molecule has 0 saturated carbocycles. The third kappa shape index (κ3) is 4.58. The molecule has 36 heavy (non-hydrogen) atoms. The van der Waals surface area contributed by atoms with Crippen molar-refractivity contribution in [2.45, 2.75) is 86.9 Å². The predicted molar refractivity (Wildman–Crippen MR) is 84.9 cm³/mol. The highest BCUT2D eigenvalue weighted by Crippen LogP contribution is 2.64. The molecule has 0 aliphatic heterocycles. The van der Waals surface area contributed by atoms with Crippen LogP contribution in [0.5, 0.6) is 0 Å². The summed E-state index contributed by atoms with van der Waals surface area (Å²) in [5, 5.41) is 0. The number of aryl methyl sites for hydroxylation is 1. The molecule has 0 atom stereocenters. The van der Waals surface area contributed by atoms with Crippen LogP contribution in [0.3, 0.4) is 0 Å². The molecule has 0 aliphatic rings. The van der Waals surface area contributed by atoms with Gasteiger partial charge in [0.1, 0.15) is 17.9 Å². The lowest BCUT2D eigenvalue weighted by Crippen LogP contribution is -2.74. The minimum absolute atomic E-state index is 0.637. The number of rotatable bonds is 9. The maximum Gasteiger partial charge on any atom is 0.460 e. The van der Waals surface area contributed by atoms with Crippen molar-refractivity contribution in [1.29, 1.82) is 0 Å². The van der Waals surface area contributed by atoms with Gasteiger partial charge in [0.25, 0.3) is 0 Å². The molecule has 0 aliphatic carbocycles. The molecule has 0 bridgehead atoms. The first-order valence-electron chi connectivity index (χ1n) is 9.22. The summed E-state index contributed by atoms with van der Waals surface area (Å²) in [5.41, 5.74) is -0.734. The van der Waals surface area contributed by atoms with Gasteiger partial charge in [-0.3, -0.25) is 0 Å². The molecule has 19 heteroatoms. The van der Waals surface area contributed by atoms with E-state index in [-0.39, 0.29) is 0 Å². The molecule has 1 rings (SSSR count). The third-order valence-electron chi connectivity index (χ3n) is 4.94. The van der Waals surface area contributed by atoms with Gasteiger partial charge in [-0.2, -0.15) is 74.6 Å². The molecule has 2 nitrogen and oxygen atoms in total. The van der Waals surface area contributed by atoms with E-state index in [1.54, 1.807) is 20.8 Å². The molecule has 0 radical (unpaired) electrons. The fourth-order valence-corrected chi connectivity index (χ4v) is 2.55. The fraction of sp³-hybridized carbons (Fsp3) is 0.824. The summed E-state index contributed by atoms with van der Waals surface area (Å²) >= 11 is 0. The topological polar surface area (TPSA) is 8.81 Å². The van der Waals surface area contributed by atoms with Gasteiger partial charge in [0.05, 0.1) is 13.0 Å². The Hall–Kier alpha value is -1.98. The maximum absolute atomic E-state index is 13.9. The van der Waals surface area contributed by atoms with Gasteiger partial charge in [0, 0.05) is 0 Å². The normalized spacial score (nSPS) is 16.0. The Bertz CT molecular complexity index is 920. The van der Waals surface area contributed by atoms with Crippen molar-refractivity contribution in [3.05, 3.63) is 18.7 Å². The summed E-state index contributed by atoms with van der Waals surface area (Å²) < 4.78 is 227. The Balaban J connectivity index is 3.42. The van der Waals surface area contributed by atoms with Gasteiger partial charge < -0.3 is 0 Å². The van der Waals surface area contributed by atoms with Gasteiger partial charge in [0.2, 0.25) is 6.33 Å². The zero-order valence-corrected chi connectivity index (χ0v) is 18.0. The Morgan fingerprint density at radius 1 is 0.556 bits per heavy atom. The van der Waals surface area contributed by atoms with E-state index in [2.05, 4.69) is 0 Å². The average Bonchev–Trinajstić information content (AvgIpc) is 3.14. The van der Waals surface area contributed by atoms with Crippen LogP contribution in [0, 0.1) is 0 Å². The molecule has 212 valence electrons. The minimum Gasteiger partial charge on any atom is -0.237 e. The van der Waals surface area contributed by atoms with E-state index in [1.165, 1.54) is 10.8 Å². The predicted octanol–water partition coefficient (Wildman–Crippen LogP) is 6.93. The fourth-order valence-electron chi connectivity index (χ4n) is 2.55. The van der Waals surface area contributed by atoms with Gasteiger partial charge in [-0.05, 0) is 20.8 Å². The Morgan fingerprint density at radius 2 is 0.917 bits per heavy atom. The largest absolute Gasteiger partial charge is 0.460 e. The molecule has 0 amide bonds. The molecular weight excluding hydrogens is 555 g/mol. The second-order valence-electron chi connectivity index (χ2n) is 8.63. The molecule has 1 aromatic rings. The highest BCUT2D eigenvalue weighted by atomic mass is 19.4. The zero-order chi connectivity index (χ0) is 29.2. The lowest BCUT2D eigenvalue weighted by atomic mass is 9.88. The number of nitrogens with zero attached hydrogens (tertiary/aromatic N) is 2. The van der Waals surface area contributed by atoms with Crippen LogP contribution in [0.4, 0.5) is 74.6 Å². The van der Waals surface area contributed by atoms with Crippen LogP contribution in [-0.2, 0) is 12.1 Å². The van der Waals surface area contributed by atoms with Crippen LogP contribution in [0.2, 0.25) is 0 Å². The second kappa shape index (κ2) is 8.52. The van der Waals surface area contributed by atoms with E-state index >= 15 is 0 Å². The number of halogens is 17. The Kier molecular flexibility index (Phi) is 7.59. The highest BCUT2D eigenvalue weighted by molar-refractivity contribution is 5.15.